The number of amides is 1. The van der Waals surface area contributed by atoms with Gasteiger partial charge in [-0.3, -0.25) is 4.79 Å². The molecule has 2 unspecified atom stereocenters. The first kappa shape index (κ1) is 13.3. The van der Waals surface area contributed by atoms with Crippen molar-refractivity contribution in [1.29, 1.82) is 0 Å². The van der Waals surface area contributed by atoms with Crippen molar-refractivity contribution in [3.8, 4) is 0 Å². The Balaban J connectivity index is 1.87. The molecule has 0 radical (unpaired) electrons. The Hall–Kier alpha value is -1.65. The summed E-state index contributed by atoms with van der Waals surface area (Å²) in [7, 11) is 1.85. The van der Waals surface area contributed by atoms with Crippen LogP contribution in [0.4, 0.5) is 5.69 Å². The third-order valence-electron chi connectivity index (χ3n) is 3.92. The number of fused-ring (bicyclic) bond motifs is 1. The van der Waals surface area contributed by atoms with E-state index in [2.05, 4.69) is 35.1 Å². The van der Waals surface area contributed by atoms with Gasteiger partial charge in [0.25, 0.3) is 0 Å². The summed E-state index contributed by atoms with van der Waals surface area (Å²) in [5, 5.41) is 7.83. The van der Waals surface area contributed by atoms with E-state index in [-0.39, 0.29) is 18.0 Å². The van der Waals surface area contributed by atoms with E-state index >= 15 is 0 Å². The van der Waals surface area contributed by atoms with E-state index in [1.165, 1.54) is 11.1 Å². The molecule has 0 spiro atoms. The van der Waals surface area contributed by atoms with Crippen molar-refractivity contribution in [3.63, 3.8) is 0 Å². The number of benzene rings is 1. The Kier molecular flexibility index (Phi) is 3.59. The Morgan fingerprint density at radius 2 is 2.15 bits per heavy atom. The Bertz CT molecular complexity index is 609. The lowest BCUT2D eigenvalue weighted by Gasteiger charge is -2.33. The zero-order chi connectivity index (χ0) is 14.1. The van der Waals surface area contributed by atoms with E-state index in [1.54, 1.807) is 16.2 Å². The third-order valence-corrected chi connectivity index (χ3v) is 4.62. The molecule has 104 valence electrons. The van der Waals surface area contributed by atoms with Gasteiger partial charge in [-0.25, -0.2) is 0 Å². The fraction of sp³-hybridized carbons (Fsp3) is 0.312. The van der Waals surface area contributed by atoms with E-state index in [1.807, 2.05) is 25.2 Å². The lowest BCUT2D eigenvalue weighted by atomic mass is 9.95. The molecule has 1 aliphatic rings. The van der Waals surface area contributed by atoms with Crippen molar-refractivity contribution in [2.24, 2.45) is 0 Å². The number of hydrogen-bond acceptors (Lipinski definition) is 3. The predicted octanol–water partition coefficient (Wildman–Crippen LogP) is 3.51. The first-order chi connectivity index (χ1) is 9.66. The highest BCUT2D eigenvalue weighted by Crippen LogP contribution is 2.35. The number of rotatable bonds is 3. The normalized spacial score (nSPS) is 19.8. The molecule has 2 aromatic rings. The van der Waals surface area contributed by atoms with Gasteiger partial charge < -0.3 is 10.2 Å². The first-order valence-electron chi connectivity index (χ1n) is 6.80. The zero-order valence-corrected chi connectivity index (χ0v) is 12.5. The Labute approximate surface area is 123 Å². The van der Waals surface area contributed by atoms with Crippen LogP contribution in [0.15, 0.2) is 41.1 Å². The van der Waals surface area contributed by atoms with Gasteiger partial charge in [0.1, 0.15) is 0 Å². The Morgan fingerprint density at radius 3 is 2.90 bits per heavy atom. The molecule has 1 aromatic heterocycles. The monoisotopic (exact) mass is 286 g/mol. The number of hydrogen-bond donors (Lipinski definition) is 1. The summed E-state index contributed by atoms with van der Waals surface area (Å²) in [6.07, 6.45) is 0.516. The maximum atomic E-state index is 12.1. The summed E-state index contributed by atoms with van der Waals surface area (Å²) in [5.41, 5.74) is 3.49. The maximum absolute atomic E-state index is 12.1. The van der Waals surface area contributed by atoms with Crippen LogP contribution in [-0.4, -0.2) is 13.0 Å². The fourth-order valence-corrected chi connectivity index (χ4v) is 3.47. The van der Waals surface area contributed by atoms with Crippen molar-refractivity contribution < 1.29 is 4.79 Å². The van der Waals surface area contributed by atoms with Gasteiger partial charge in [-0.05, 0) is 40.9 Å². The minimum absolute atomic E-state index is 0.0878. The minimum Gasteiger partial charge on any atom is -0.315 e. The SMILES string of the molecule is CC(NC1CC(=O)N(C)c2ccccc21)c1ccsc1. The molecule has 0 bridgehead atoms. The van der Waals surface area contributed by atoms with Gasteiger partial charge >= 0.3 is 0 Å². The summed E-state index contributed by atoms with van der Waals surface area (Å²) in [5.74, 6) is 0.165. The van der Waals surface area contributed by atoms with E-state index < -0.39 is 0 Å². The van der Waals surface area contributed by atoms with E-state index in [4.69, 9.17) is 0 Å². The zero-order valence-electron chi connectivity index (χ0n) is 11.7. The Morgan fingerprint density at radius 1 is 1.35 bits per heavy atom. The predicted molar refractivity (Wildman–Crippen MR) is 83.1 cm³/mol. The van der Waals surface area contributed by atoms with Gasteiger partial charge in [0.15, 0.2) is 0 Å². The maximum Gasteiger partial charge on any atom is 0.228 e. The van der Waals surface area contributed by atoms with E-state index in [0.29, 0.717) is 6.42 Å². The molecule has 0 fully saturated rings. The van der Waals surface area contributed by atoms with Gasteiger partial charge in [-0.1, -0.05) is 18.2 Å². The van der Waals surface area contributed by atoms with E-state index in [9.17, 15) is 4.79 Å². The van der Waals surface area contributed by atoms with Crippen LogP contribution < -0.4 is 10.2 Å². The molecule has 0 aliphatic carbocycles. The number of anilines is 1. The molecule has 1 amide bonds. The molecule has 2 atom stereocenters. The molecule has 4 heteroatoms. The molecular formula is C16H18N2OS. The summed E-state index contributed by atoms with van der Waals surface area (Å²) in [4.78, 5) is 13.9. The van der Waals surface area contributed by atoms with Crippen molar-refractivity contribution in [3.05, 3.63) is 52.2 Å². The van der Waals surface area contributed by atoms with Crippen LogP contribution in [0.1, 0.15) is 36.6 Å². The molecule has 3 rings (SSSR count). The summed E-state index contributed by atoms with van der Waals surface area (Å²) in [6, 6.07) is 10.6. The first-order valence-corrected chi connectivity index (χ1v) is 7.74. The summed E-state index contributed by atoms with van der Waals surface area (Å²) < 4.78 is 0. The molecule has 20 heavy (non-hydrogen) atoms. The largest absolute Gasteiger partial charge is 0.315 e. The number of thiophene rings is 1. The van der Waals surface area contributed by atoms with Gasteiger partial charge in [-0.15, -0.1) is 0 Å². The highest BCUT2D eigenvalue weighted by Gasteiger charge is 2.29. The summed E-state index contributed by atoms with van der Waals surface area (Å²) in [6.45, 7) is 2.15. The number of para-hydroxylation sites is 1. The van der Waals surface area contributed by atoms with Crippen molar-refractivity contribution in [2.75, 3.05) is 11.9 Å². The quantitative estimate of drug-likeness (QED) is 0.936. The van der Waals surface area contributed by atoms with Crippen molar-refractivity contribution in [1.82, 2.24) is 5.32 Å². The second kappa shape index (κ2) is 5.38. The van der Waals surface area contributed by atoms with Crippen LogP contribution in [0.3, 0.4) is 0 Å². The lowest BCUT2D eigenvalue weighted by Crippen LogP contribution is -2.38. The molecule has 3 nitrogen and oxygen atoms in total. The third kappa shape index (κ3) is 2.37. The molecule has 0 saturated heterocycles. The van der Waals surface area contributed by atoms with Crippen LogP contribution in [0.5, 0.6) is 0 Å². The molecule has 1 aliphatic heterocycles. The highest BCUT2D eigenvalue weighted by molar-refractivity contribution is 7.07. The van der Waals surface area contributed by atoms with Crippen LogP contribution in [0.2, 0.25) is 0 Å². The van der Waals surface area contributed by atoms with Crippen molar-refractivity contribution in [2.45, 2.75) is 25.4 Å². The minimum atomic E-state index is 0.0878. The molecule has 2 heterocycles. The van der Waals surface area contributed by atoms with Gasteiger partial charge in [0.05, 0.1) is 0 Å². The molecule has 1 N–H and O–H groups in total. The topological polar surface area (TPSA) is 32.3 Å². The second-order valence-electron chi connectivity index (χ2n) is 5.21. The molecule has 0 saturated carbocycles. The lowest BCUT2D eigenvalue weighted by molar-refractivity contribution is -0.119. The second-order valence-corrected chi connectivity index (χ2v) is 5.99. The van der Waals surface area contributed by atoms with Crippen LogP contribution >= 0.6 is 11.3 Å². The van der Waals surface area contributed by atoms with Gasteiger partial charge in [-0.2, -0.15) is 11.3 Å². The highest BCUT2D eigenvalue weighted by atomic mass is 32.1. The van der Waals surface area contributed by atoms with Gasteiger partial charge in [0.2, 0.25) is 5.91 Å². The average molecular weight is 286 g/mol. The summed E-state index contributed by atoms with van der Waals surface area (Å²) >= 11 is 1.70. The van der Waals surface area contributed by atoms with Crippen molar-refractivity contribution >= 4 is 22.9 Å². The molecule has 1 aromatic carbocycles. The average Bonchev–Trinajstić information content (AvgIpc) is 2.99. The fourth-order valence-electron chi connectivity index (χ4n) is 2.71. The number of carbonyl (C=O) groups is 1. The number of nitrogens with one attached hydrogen (secondary N) is 1. The smallest absolute Gasteiger partial charge is 0.228 e. The standard InChI is InChI=1S/C16H18N2OS/c1-11(12-7-8-20-10-12)17-14-9-16(19)18(2)15-6-4-3-5-13(14)15/h3-8,10-11,14,17H,9H2,1-2H3. The van der Waals surface area contributed by atoms with Crippen LogP contribution in [0, 0.1) is 0 Å². The number of nitrogens with zero attached hydrogens (tertiary/aromatic N) is 1. The number of carbonyl (C=O) groups excluding carboxylic acids is 1. The van der Waals surface area contributed by atoms with Crippen LogP contribution in [0.25, 0.3) is 0 Å². The molecular weight excluding hydrogens is 268 g/mol. The van der Waals surface area contributed by atoms with Gasteiger partial charge in [0, 0.05) is 31.2 Å². The van der Waals surface area contributed by atoms with E-state index in [0.717, 1.165) is 5.69 Å². The van der Waals surface area contributed by atoms with Crippen LogP contribution in [-0.2, 0) is 4.79 Å².